The summed E-state index contributed by atoms with van der Waals surface area (Å²) in [5, 5.41) is 0. The van der Waals surface area contributed by atoms with Gasteiger partial charge in [-0.1, -0.05) is 0 Å². The standard InChI is InChI=1S/C10H17ClO/c11-7-10(8-1-2-8)9-3-5-12-6-4-9/h8-10H,1-7H2. The number of hydrogen-bond donors (Lipinski definition) is 0. The van der Waals surface area contributed by atoms with Gasteiger partial charge in [-0.2, -0.15) is 0 Å². The molecule has 12 heavy (non-hydrogen) atoms. The monoisotopic (exact) mass is 188 g/mol. The second kappa shape index (κ2) is 3.97. The van der Waals surface area contributed by atoms with Crippen LogP contribution >= 0.6 is 11.6 Å². The van der Waals surface area contributed by atoms with Gasteiger partial charge >= 0.3 is 0 Å². The van der Waals surface area contributed by atoms with Gasteiger partial charge in [-0.25, -0.2) is 0 Å². The van der Waals surface area contributed by atoms with Crippen LogP contribution in [0.1, 0.15) is 25.7 Å². The lowest BCUT2D eigenvalue weighted by atomic mass is 9.84. The normalized spacial score (nSPS) is 28.8. The van der Waals surface area contributed by atoms with Crippen LogP contribution in [0.4, 0.5) is 0 Å². The van der Waals surface area contributed by atoms with Gasteiger partial charge in [-0.05, 0) is 43.4 Å². The lowest BCUT2D eigenvalue weighted by Crippen LogP contribution is -2.25. The van der Waals surface area contributed by atoms with E-state index in [1.54, 1.807) is 0 Å². The molecule has 1 heterocycles. The molecule has 2 rings (SSSR count). The minimum Gasteiger partial charge on any atom is -0.381 e. The van der Waals surface area contributed by atoms with Crippen molar-refractivity contribution in [2.75, 3.05) is 19.1 Å². The van der Waals surface area contributed by atoms with E-state index in [9.17, 15) is 0 Å². The van der Waals surface area contributed by atoms with Crippen LogP contribution in [0.25, 0.3) is 0 Å². The van der Waals surface area contributed by atoms with Crippen LogP contribution < -0.4 is 0 Å². The SMILES string of the molecule is ClCC(C1CCOCC1)C1CC1. The van der Waals surface area contributed by atoms with Gasteiger partial charge in [0.1, 0.15) is 0 Å². The van der Waals surface area contributed by atoms with E-state index in [-0.39, 0.29) is 0 Å². The van der Waals surface area contributed by atoms with E-state index in [0.29, 0.717) is 0 Å². The fourth-order valence-electron chi connectivity index (χ4n) is 2.31. The third kappa shape index (κ3) is 1.94. The van der Waals surface area contributed by atoms with Crippen molar-refractivity contribution < 1.29 is 4.74 Å². The summed E-state index contributed by atoms with van der Waals surface area (Å²) in [5.41, 5.74) is 0. The Kier molecular flexibility index (Phi) is 2.92. The predicted octanol–water partition coefficient (Wildman–Crippen LogP) is 2.68. The van der Waals surface area contributed by atoms with Crippen LogP contribution in [0.5, 0.6) is 0 Å². The average molecular weight is 189 g/mol. The Bertz CT molecular complexity index is 139. The minimum atomic E-state index is 0.801. The number of ether oxygens (including phenoxy) is 1. The summed E-state index contributed by atoms with van der Waals surface area (Å²) in [6.07, 6.45) is 5.34. The van der Waals surface area contributed by atoms with Gasteiger partial charge in [-0.15, -0.1) is 11.6 Å². The summed E-state index contributed by atoms with van der Waals surface area (Å²) in [4.78, 5) is 0. The number of rotatable bonds is 3. The maximum absolute atomic E-state index is 6.00. The Morgan fingerprint density at radius 2 is 1.67 bits per heavy atom. The molecule has 1 saturated carbocycles. The second-order valence-electron chi connectivity index (χ2n) is 4.11. The van der Waals surface area contributed by atoms with Crippen molar-refractivity contribution in [3.05, 3.63) is 0 Å². The maximum Gasteiger partial charge on any atom is 0.0468 e. The average Bonchev–Trinajstić information content (AvgIpc) is 2.92. The van der Waals surface area contributed by atoms with E-state index < -0.39 is 0 Å². The molecule has 1 nitrogen and oxygen atoms in total. The van der Waals surface area contributed by atoms with Gasteiger partial charge in [0.15, 0.2) is 0 Å². The molecule has 2 aliphatic rings. The highest BCUT2D eigenvalue weighted by atomic mass is 35.5. The second-order valence-corrected chi connectivity index (χ2v) is 4.41. The largest absolute Gasteiger partial charge is 0.381 e. The first-order chi connectivity index (χ1) is 5.92. The third-order valence-electron chi connectivity index (χ3n) is 3.28. The Morgan fingerprint density at radius 3 is 2.17 bits per heavy atom. The molecule has 2 fully saturated rings. The first-order valence-corrected chi connectivity index (χ1v) is 5.59. The Balaban J connectivity index is 1.85. The molecule has 0 N–H and O–H groups in total. The van der Waals surface area contributed by atoms with Crippen LogP contribution in [0, 0.1) is 17.8 Å². The molecule has 70 valence electrons. The first-order valence-electron chi connectivity index (χ1n) is 5.05. The van der Waals surface area contributed by atoms with E-state index in [4.69, 9.17) is 16.3 Å². The highest BCUT2D eigenvalue weighted by molar-refractivity contribution is 6.18. The van der Waals surface area contributed by atoms with Crippen LogP contribution in [0.2, 0.25) is 0 Å². The van der Waals surface area contributed by atoms with Gasteiger partial charge in [0.2, 0.25) is 0 Å². The molecule has 1 atom stereocenters. The fourth-order valence-corrected chi connectivity index (χ4v) is 2.81. The predicted molar refractivity (Wildman–Crippen MR) is 50.5 cm³/mol. The molecule has 0 amide bonds. The number of hydrogen-bond acceptors (Lipinski definition) is 1. The van der Waals surface area contributed by atoms with Crippen LogP contribution in [-0.2, 0) is 4.74 Å². The lowest BCUT2D eigenvalue weighted by Gasteiger charge is -2.28. The van der Waals surface area contributed by atoms with Gasteiger partial charge in [0.05, 0.1) is 0 Å². The van der Waals surface area contributed by atoms with Crippen molar-refractivity contribution in [1.29, 1.82) is 0 Å². The molecular formula is C10H17ClO. The molecule has 0 aromatic carbocycles. The molecule has 0 spiro atoms. The van der Waals surface area contributed by atoms with Crippen LogP contribution in [0.15, 0.2) is 0 Å². The Morgan fingerprint density at radius 1 is 1.08 bits per heavy atom. The quantitative estimate of drug-likeness (QED) is 0.619. The van der Waals surface area contributed by atoms with E-state index >= 15 is 0 Å². The van der Waals surface area contributed by atoms with E-state index in [1.165, 1.54) is 25.7 Å². The molecule has 0 bridgehead atoms. The fraction of sp³-hybridized carbons (Fsp3) is 1.00. The molecule has 1 aliphatic carbocycles. The van der Waals surface area contributed by atoms with Gasteiger partial charge < -0.3 is 4.74 Å². The van der Waals surface area contributed by atoms with Gasteiger partial charge in [0.25, 0.3) is 0 Å². The smallest absolute Gasteiger partial charge is 0.0468 e. The first kappa shape index (κ1) is 8.83. The van der Waals surface area contributed by atoms with Crippen molar-refractivity contribution in [3.8, 4) is 0 Å². The van der Waals surface area contributed by atoms with Gasteiger partial charge in [0, 0.05) is 19.1 Å². The van der Waals surface area contributed by atoms with Crippen LogP contribution in [0.3, 0.4) is 0 Å². The molecule has 1 saturated heterocycles. The summed E-state index contributed by atoms with van der Waals surface area (Å²) >= 11 is 6.00. The minimum absolute atomic E-state index is 0.801. The van der Waals surface area contributed by atoms with Crippen molar-refractivity contribution in [2.45, 2.75) is 25.7 Å². The van der Waals surface area contributed by atoms with Crippen molar-refractivity contribution in [1.82, 2.24) is 0 Å². The molecule has 1 aliphatic heterocycles. The van der Waals surface area contributed by atoms with E-state index in [2.05, 4.69) is 0 Å². The third-order valence-corrected chi connectivity index (χ3v) is 3.63. The molecular weight excluding hydrogens is 172 g/mol. The zero-order valence-electron chi connectivity index (χ0n) is 7.47. The summed E-state index contributed by atoms with van der Waals surface area (Å²) in [6.45, 7) is 1.93. The van der Waals surface area contributed by atoms with Crippen molar-refractivity contribution >= 4 is 11.6 Å². The molecule has 2 heteroatoms. The zero-order valence-corrected chi connectivity index (χ0v) is 8.22. The molecule has 0 aromatic heterocycles. The topological polar surface area (TPSA) is 9.23 Å². The summed E-state index contributed by atoms with van der Waals surface area (Å²) in [6, 6.07) is 0. The highest BCUT2D eigenvalue weighted by Crippen LogP contribution is 2.43. The molecule has 1 unspecified atom stereocenters. The molecule has 0 aromatic rings. The maximum atomic E-state index is 6.00. The number of halogens is 1. The highest BCUT2D eigenvalue weighted by Gasteiger charge is 2.36. The summed E-state index contributed by atoms with van der Waals surface area (Å²) in [7, 11) is 0. The summed E-state index contributed by atoms with van der Waals surface area (Å²) < 4.78 is 5.35. The Labute approximate surface area is 79.4 Å². The van der Waals surface area contributed by atoms with Crippen molar-refractivity contribution in [3.63, 3.8) is 0 Å². The number of alkyl halides is 1. The van der Waals surface area contributed by atoms with Gasteiger partial charge in [-0.3, -0.25) is 0 Å². The van der Waals surface area contributed by atoms with E-state index in [0.717, 1.165) is 36.8 Å². The summed E-state index contributed by atoms with van der Waals surface area (Å²) in [5.74, 6) is 3.50. The molecule has 0 radical (unpaired) electrons. The lowest BCUT2D eigenvalue weighted by molar-refractivity contribution is 0.0465. The van der Waals surface area contributed by atoms with E-state index in [1.807, 2.05) is 0 Å². The van der Waals surface area contributed by atoms with Crippen LogP contribution in [-0.4, -0.2) is 19.1 Å². The zero-order chi connectivity index (χ0) is 8.39. The van der Waals surface area contributed by atoms with Crippen molar-refractivity contribution in [2.24, 2.45) is 17.8 Å². The Hall–Kier alpha value is 0.250.